The molecular weight excluding hydrogens is 314 g/mol. The third-order valence-electron chi connectivity index (χ3n) is 4.40. The Kier molecular flexibility index (Phi) is 5.33. The smallest absolute Gasteiger partial charge is 0.319 e. The quantitative estimate of drug-likeness (QED) is 0.901. The summed E-state index contributed by atoms with van der Waals surface area (Å²) in [4.78, 5) is 25.4. The molecule has 5 heteroatoms. The molecular formula is C20H23N3O2. The van der Waals surface area contributed by atoms with Crippen LogP contribution in [0.5, 0.6) is 0 Å². The molecule has 1 aliphatic heterocycles. The van der Waals surface area contributed by atoms with E-state index in [9.17, 15) is 9.59 Å². The van der Waals surface area contributed by atoms with Gasteiger partial charge in [-0.15, -0.1) is 0 Å². The molecule has 0 radical (unpaired) electrons. The first kappa shape index (κ1) is 17.0. The van der Waals surface area contributed by atoms with E-state index in [2.05, 4.69) is 28.8 Å². The van der Waals surface area contributed by atoms with Crippen LogP contribution in [0.15, 0.2) is 54.6 Å². The van der Waals surface area contributed by atoms with Gasteiger partial charge in [-0.1, -0.05) is 42.5 Å². The van der Waals surface area contributed by atoms with Crippen LogP contribution in [0.1, 0.15) is 24.0 Å². The SMILES string of the molecule is CN1C[C@@H](NC(=O)Nc2cccc(Cc3ccccc3)c2)CCC1=O. The predicted molar refractivity (Wildman–Crippen MR) is 98.5 cm³/mol. The van der Waals surface area contributed by atoms with Crippen molar-refractivity contribution in [3.8, 4) is 0 Å². The minimum atomic E-state index is -0.232. The van der Waals surface area contributed by atoms with Crippen molar-refractivity contribution >= 4 is 17.6 Å². The van der Waals surface area contributed by atoms with Crippen LogP contribution in [0.25, 0.3) is 0 Å². The molecule has 1 fully saturated rings. The Morgan fingerprint density at radius 2 is 1.88 bits per heavy atom. The average Bonchev–Trinajstić information content (AvgIpc) is 2.59. The van der Waals surface area contributed by atoms with E-state index in [4.69, 9.17) is 0 Å². The Hall–Kier alpha value is -2.82. The van der Waals surface area contributed by atoms with Crippen molar-refractivity contribution in [1.82, 2.24) is 10.2 Å². The molecule has 130 valence electrons. The van der Waals surface area contributed by atoms with Crippen LogP contribution in [0.2, 0.25) is 0 Å². The van der Waals surface area contributed by atoms with Gasteiger partial charge in [-0.3, -0.25) is 4.79 Å². The molecule has 1 saturated heterocycles. The number of anilines is 1. The molecule has 2 aromatic rings. The summed E-state index contributed by atoms with van der Waals surface area (Å²) >= 11 is 0. The number of rotatable bonds is 4. The molecule has 3 rings (SSSR count). The molecule has 3 amide bonds. The standard InChI is InChI=1S/C20H23N3O2/c1-23-14-18(10-11-19(23)24)22-20(25)21-17-9-5-8-16(13-17)12-15-6-3-2-4-7-15/h2-9,13,18H,10-12,14H2,1H3,(H2,21,22,25)/t18-/m0/s1. The van der Waals surface area contributed by atoms with E-state index in [1.54, 1.807) is 11.9 Å². The Balaban J connectivity index is 1.56. The lowest BCUT2D eigenvalue weighted by atomic mass is 10.0. The van der Waals surface area contributed by atoms with E-state index in [1.165, 1.54) is 5.56 Å². The van der Waals surface area contributed by atoms with E-state index < -0.39 is 0 Å². The second-order valence-electron chi connectivity index (χ2n) is 6.47. The van der Waals surface area contributed by atoms with Gasteiger partial charge in [-0.25, -0.2) is 4.79 Å². The first-order valence-corrected chi connectivity index (χ1v) is 8.54. The zero-order valence-corrected chi connectivity index (χ0v) is 14.4. The first-order chi connectivity index (χ1) is 12.1. The van der Waals surface area contributed by atoms with E-state index in [-0.39, 0.29) is 18.0 Å². The second kappa shape index (κ2) is 7.83. The highest BCUT2D eigenvalue weighted by molar-refractivity contribution is 5.89. The normalized spacial score (nSPS) is 17.2. The first-order valence-electron chi connectivity index (χ1n) is 8.54. The van der Waals surface area contributed by atoms with Gasteiger partial charge in [-0.2, -0.15) is 0 Å². The van der Waals surface area contributed by atoms with E-state index in [0.717, 1.165) is 17.7 Å². The Morgan fingerprint density at radius 3 is 2.64 bits per heavy atom. The van der Waals surface area contributed by atoms with Crippen LogP contribution >= 0.6 is 0 Å². The number of likely N-dealkylation sites (tertiary alicyclic amines) is 1. The number of nitrogens with one attached hydrogen (secondary N) is 2. The minimum absolute atomic E-state index is 0.00444. The molecule has 0 saturated carbocycles. The number of likely N-dealkylation sites (N-methyl/N-ethyl adjacent to an activating group) is 1. The Morgan fingerprint density at radius 1 is 1.12 bits per heavy atom. The van der Waals surface area contributed by atoms with Crippen molar-refractivity contribution < 1.29 is 9.59 Å². The van der Waals surface area contributed by atoms with Gasteiger partial charge >= 0.3 is 6.03 Å². The average molecular weight is 337 g/mol. The largest absolute Gasteiger partial charge is 0.344 e. The van der Waals surface area contributed by atoms with Crippen LogP contribution in [-0.2, 0) is 11.2 Å². The molecule has 2 aromatic carbocycles. The van der Waals surface area contributed by atoms with Crippen LogP contribution in [-0.4, -0.2) is 36.5 Å². The van der Waals surface area contributed by atoms with E-state index in [1.807, 2.05) is 36.4 Å². The zero-order chi connectivity index (χ0) is 17.6. The number of amides is 3. The van der Waals surface area contributed by atoms with Crippen LogP contribution in [0.4, 0.5) is 10.5 Å². The van der Waals surface area contributed by atoms with Gasteiger partial charge in [0.1, 0.15) is 0 Å². The molecule has 5 nitrogen and oxygen atoms in total. The number of carbonyl (C=O) groups is 2. The summed E-state index contributed by atoms with van der Waals surface area (Å²) in [5.41, 5.74) is 3.15. The molecule has 0 bridgehead atoms. The van der Waals surface area contributed by atoms with Gasteiger partial charge in [-0.05, 0) is 36.1 Å². The summed E-state index contributed by atoms with van der Waals surface area (Å²) in [7, 11) is 1.77. The molecule has 1 aliphatic rings. The van der Waals surface area contributed by atoms with Crippen molar-refractivity contribution in [1.29, 1.82) is 0 Å². The number of urea groups is 1. The molecule has 25 heavy (non-hydrogen) atoms. The van der Waals surface area contributed by atoms with Gasteiger partial charge in [0.15, 0.2) is 0 Å². The molecule has 0 aliphatic carbocycles. The third kappa shape index (κ3) is 4.83. The van der Waals surface area contributed by atoms with Gasteiger partial charge in [0, 0.05) is 31.7 Å². The lowest BCUT2D eigenvalue weighted by Crippen LogP contribution is -2.49. The monoisotopic (exact) mass is 337 g/mol. The van der Waals surface area contributed by atoms with Crippen molar-refractivity contribution in [2.24, 2.45) is 0 Å². The van der Waals surface area contributed by atoms with Gasteiger partial charge < -0.3 is 15.5 Å². The predicted octanol–water partition coefficient (Wildman–Crippen LogP) is 3.02. The third-order valence-corrected chi connectivity index (χ3v) is 4.40. The molecule has 0 unspecified atom stereocenters. The molecule has 1 heterocycles. The fourth-order valence-electron chi connectivity index (χ4n) is 3.07. The highest BCUT2D eigenvalue weighted by Crippen LogP contribution is 2.15. The maximum absolute atomic E-state index is 12.2. The maximum Gasteiger partial charge on any atom is 0.319 e. The molecule has 1 atom stereocenters. The molecule has 0 aromatic heterocycles. The van der Waals surface area contributed by atoms with Crippen LogP contribution in [0.3, 0.4) is 0 Å². The number of hydrogen-bond donors (Lipinski definition) is 2. The maximum atomic E-state index is 12.2. The Bertz CT molecular complexity index is 746. The summed E-state index contributed by atoms with van der Waals surface area (Å²) in [5.74, 6) is 0.132. The van der Waals surface area contributed by atoms with Gasteiger partial charge in [0.05, 0.1) is 0 Å². The second-order valence-corrected chi connectivity index (χ2v) is 6.47. The van der Waals surface area contributed by atoms with E-state index in [0.29, 0.717) is 19.4 Å². The van der Waals surface area contributed by atoms with E-state index >= 15 is 0 Å². The fraction of sp³-hybridized carbons (Fsp3) is 0.300. The van der Waals surface area contributed by atoms with Crippen LogP contribution < -0.4 is 10.6 Å². The summed E-state index contributed by atoms with van der Waals surface area (Å²) < 4.78 is 0. The van der Waals surface area contributed by atoms with Gasteiger partial charge in [0.25, 0.3) is 0 Å². The highest BCUT2D eigenvalue weighted by atomic mass is 16.2. The van der Waals surface area contributed by atoms with Crippen molar-refractivity contribution in [2.75, 3.05) is 18.9 Å². The topological polar surface area (TPSA) is 61.4 Å². The number of carbonyl (C=O) groups excluding carboxylic acids is 2. The lowest BCUT2D eigenvalue weighted by Gasteiger charge is -2.30. The summed E-state index contributed by atoms with van der Waals surface area (Å²) in [5, 5.41) is 5.83. The Labute approximate surface area is 148 Å². The summed E-state index contributed by atoms with van der Waals surface area (Å²) in [6, 6.07) is 17.9. The van der Waals surface area contributed by atoms with Crippen molar-refractivity contribution in [3.05, 3.63) is 65.7 Å². The number of hydrogen-bond acceptors (Lipinski definition) is 2. The fourth-order valence-corrected chi connectivity index (χ4v) is 3.07. The lowest BCUT2D eigenvalue weighted by molar-refractivity contribution is -0.132. The molecule has 0 spiro atoms. The van der Waals surface area contributed by atoms with Crippen LogP contribution in [0, 0.1) is 0 Å². The number of nitrogens with zero attached hydrogens (tertiary/aromatic N) is 1. The number of piperidine rings is 1. The molecule has 2 N–H and O–H groups in total. The van der Waals surface area contributed by atoms with Crippen molar-refractivity contribution in [2.45, 2.75) is 25.3 Å². The number of benzene rings is 2. The summed E-state index contributed by atoms with van der Waals surface area (Å²) in [6.45, 7) is 0.556. The van der Waals surface area contributed by atoms with Gasteiger partial charge in [0.2, 0.25) is 5.91 Å². The summed E-state index contributed by atoms with van der Waals surface area (Å²) in [6.07, 6.45) is 1.99. The van der Waals surface area contributed by atoms with Crippen molar-refractivity contribution in [3.63, 3.8) is 0 Å². The minimum Gasteiger partial charge on any atom is -0.344 e. The zero-order valence-electron chi connectivity index (χ0n) is 14.4. The highest BCUT2D eigenvalue weighted by Gasteiger charge is 2.23.